The van der Waals surface area contributed by atoms with Gasteiger partial charge in [-0.1, -0.05) is 23.7 Å². The Morgan fingerprint density at radius 2 is 1.90 bits per heavy atom. The molecule has 0 spiro atoms. The maximum absolute atomic E-state index is 12.4. The monoisotopic (exact) mass is 434 g/mol. The number of carbonyl (C=O) groups excluding carboxylic acids is 1. The first-order valence-electron chi connectivity index (χ1n) is 9.98. The van der Waals surface area contributed by atoms with Crippen LogP contribution in [0.1, 0.15) is 35.8 Å². The lowest BCUT2D eigenvalue weighted by Crippen LogP contribution is -2.11. The molecule has 0 aliphatic heterocycles. The van der Waals surface area contributed by atoms with E-state index in [0.29, 0.717) is 22.2 Å². The summed E-state index contributed by atoms with van der Waals surface area (Å²) < 4.78 is 7.78. The fourth-order valence-corrected chi connectivity index (χ4v) is 3.62. The number of nitrogens with two attached hydrogens (primary N) is 1. The number of nitrogen functional groups attached to an aromatic ring is 1. The van der Waals surface area contributed by atoms with Crippen molar-refractivity contribution in [1.82, 2.24) is 14.5 Å². The molecule has 0 atom stereocenters. The van der Waals surface area contributed by atoms with Gasteiger partial charge >= 0.3 is 0 Å². The number of aromatic nitrogens is 3. The summed E-state index contributed by atoms with van der Waals surface area (Å²) in [5, 5.41) is 1.47. The summed E-state index contributed by atoms with van der Waals surface area (Å²) in [6.07, 6.45) is 3.53. The second-order valence-corrected chi connectivity index (χ2v) is 8.11. The van der Waals surface area contributed by atoms with Crippen LogP contribution in [0.25, 0.3) is 22.2 Å². The number of ether oxygens (including phenoxy) is 1. The molecule has 2 N–H and O–H groups in total. The Kier molecular flexibility index (Phi) is 5.65. The lowest BCUT2D eigenvalue weighted by atomic mass is 10.1. The molecular weight excluding hydrogens is 412 g/mol. The van der Waals surface area contributed by atoms with Crippen LogP contribution < -0.4 is 10.5 Å². The number of halogens is 1. The summed E-state index contributed by atoms with van der Waals surface area (Å²) in [6.45, 7) is 6.01. The van der Waals surface area contributed by atoms with Crippen molar-refractivity contribution >= 4 is 34.2 Å². The molecule has 2 aromatic heterocycles. The predicted molar refractivity (Wildman–Crippen MR) is 124 cm³/mol. The molecule has 2 aromatic carbocycles. The van der Waals surface area contributed by atoms with Gasteiger partial charge in [0, 0.05) is 28.4 Å². The Hall–Kier alpha value is -3.38. The van der Waals surface area contributed by atoms with Crippen molar-refractivity contribution < 1.29 is 9.53 Å². The first-order valence-corrected chi connectivity index (χ1v) is 10.4. The second kappa shape index (κ2) is 8.40. The number of aryl methyl sites for hydroxylation is 1. The molecule has 0 unspecified atom stereocenters. The first-order chi connectivity index (χ1) is 14.8. The van der Waals surface area contributed by atoms with Gasteiger partial charge in [-0.25, -0.2) is 9.97 Å². The van der Waals surface area contributed by atoms with Crippen molar-refractivity contribution in [2.45, 2.75) is 26.8 Å². The maximum atomic E-state index is 12.4. The van der Waals surface area contributed by atoms with Crippen molar-refractivity contribution in [1.29, 1.82) is 0 Å². The standard InChI is InChI=1S/C24H23ClN4O2/c1-14(2)29-11-19(22-23(26)27-13-28-24(22)29)16-4-7-18(8-5-16)31-12-21(30)17-6-9-20(25)15(3)10-17/h4-11,13-14H,12H2,1-3H3,(H2,26,27,28). The van der Waals surface area contributed by atoms with Gasteiger partial charge in [-0.3, -0.25) is 4.79 Å². The lowest BCUT2D eigenvalue weighted by molar-refractivity contribution is 0.0921. The number of anilines is 1. The Bertz CT molecular complexity index is 1260. The molecule has 0 aliphatic rings. The number of benzene rings is 2. The lowest BCUT2D eigenvalue weighted by Gasteiger charge is -2.08. The van der Waals surface area contributed by atoms with E-state index in [2.05, 4.69) is 28.4 Å². The van der Waals surface area contributed by atoms with Gasteiger partial charge in [-0.05, 0) is 62.2 Å². The van der Waals surface area contributed by atoms with Crippen LogP contribution in [0.2, 0.25) is 5.02 Å². The molecular formula is C24H23ClN4O2. The summed E-state index contributed by atoms with van der Waals surface area (Å²) in [5.41, 5.74) is 10.3. The zero-order valence-electron chi connectivity index (χ0n) is 17.6. The molecule has 31 heavy (non-hydrogen) atoms. The summed E-state index contributed by atoms with van der Waals surface area (Å²) in [5.74, 6) is 0.956. The average Bonchev–Trinajstić information content (AvgIpc) is 3.16. The van der Waals surface area contributed by atoms with Crippen molar-refractivity contribution in [3.05, 3.63) is 71.1 Å². The summed E-state index contributed by atoms with van der Waals surface area (Å²) >= 11 is 6.03. The number of nitrogens with zero attached hydrogens (tertiary/aromatic N) is 3. The fraction of sp³-hybridized carbons (Fsp3) is 0.208. The zero-order chi connectivity index (χ0) is 22.1. The van der Waals surface area contributed by atoms with E-state index < -0.39 is 0 Å². The van der Waals surface area contributed by atoms with E-state index in [1.165, 1.54) is 6.33 Å². The van der Waals surface area contributed by atoms with Gasteiger partial charge in [0.1, 0.15) is 23.5 Å². The van der Waals surface area contributed by atoms with Gasteiger partial charge in [0.25, 0.3) is 0 Å². The van der Waals surface area contributed by atoms with Crippen LogP contribution >= 0.6 is 11.6 Å². The van der Waals surface area contributed by atoms with Crippen LogP contribution in [0.5, 0.6) is 5.75 Å². The van der Waals surface area contributed by atoms with E-state index in [-0.39, 0.29) is 18.4 Å². The molecule has 0 saturated carbocycles. The minimum Gasteiger partial charge on any atom is -0.485 e. The van der Waals surface area contributed by atoms with Crippen molar-refractivity contribution in [3.8, 4) is 16.9 Å². The molecule has 4 aromatic rings. The number of Topliss-reactive ketones (excluding diaryl/α,β-unsaturated/α-hetero) is 1. The largest absolute Gasteiger partial charge is 0.485 e. The van der Waals surface area contributed by atoms with E-state index >= 15 is 0 Å². The molecule has 6 nitrogen and oxygen atoms in total. The maximum Gasteiger partial charge on any atom is 0.200 e. The Morgan fingerprint density at radius 1 is 1.16 bits per heavy atom. The summed E-state index contributed by atoms with van der Waals surface area (Å²) in [4.78, 5) is 21.0. The van der Waals surface area contributed by atoms with Gasteiger partial charge in [0.05, 0.1) is 5.39 Å². The normalized spacial score (nSPS) is 11.3. The minimum absolute atomic E-state index is 0.0478. The molecule has 0 saturated heterocycles. The molecule has 7 heteroatoms. The predicted octanol–water partition coefficient (Wildman–Crippen LogP) is 5.48. The third-order valence-electron chi connectivity index (χ3n) is 5.21. The van der Waals surface area contributed by atoms with Crippen LogP contribution in [0.4, 0.5) is 5.82 Å². The number of carbonyl (C=O) groups is 1. The van der Waals surface area contributed by atoms with E-state index in [0.717, 1.165) is 27.7 Å². The molecule has 158 valence electrons. The van der Waals surface area contributed by atoms with E-state index in [1.54, 1.807) is 18.2 Å². The molecule has 0 aliphatic carbocycles. The van der Waals surface area contributed by atoms with Crippen LogP contribution in [-0.2, 0) is 0 Å². The quantitative estimate of drug-likeness (QED) is 0.406. The highest BCUT2D eigenvalue weighted by Crippen LogP contribution is 2.34. The Balaban J connectivity index is 1.55. The van der Waals surface area contributed by atoms with Gasteiger partial charge in [-0.2, -0.15) is 0 Å². The summed E-state index contributed by atoms with van der Waals surface area (Å²) in [7, 11) is 0. The Morgan fingerprint density at radius 3 is 2.58 bits per heavy atom. The van der Waals surface area contributed by atoms with Crippen LogP contribution in [-0.4, -0.2) is 26.9 Å². The molecule has 0 amide bonds. The van der Waals surface area contributed by atoms with Crippen molar-refractivity contribution in [3.63, 3.8) is 0 Å². The highest BCUT2D eigenvalue weighted by molar-refractivity contribution is 6.31. The number of ketones is 1. The third kappa shape index (κ3) is 4.11. The van der Waals surface area contributed by atoms with Crippen LogP contribution in [0.15, 0.2) is 55.0 Å². The van der Waals surface area contributed by atoms with E-state index in [1.807, 2.05) is 37.4 Å². The van der Waals surface area contributed by atoms with E-state index in [4.69, 9.17) is 22.1 Å². The van der Waals surface area contributed by atoms with Crippen molar-refractivity contribution in [2.75, 3.05) is 12.3 Å². The first kappa shape index (κ1) is 20.9. The van der Waals surface area contributed by atoms with Gasteiger partial charge in [-0.15, -0.1) is 0 Å². The number of rotatable bonds is 6. The molecule has 0 bridgehead atoms. The fourth-order valence-electron chi connectivity index (χ4n) is 3.50. The third-order valence-corrected chi connectivity index (χ3v) is 5.63. The van der Waals surface area contributed by atoms with Crippen molar-refractivity contribution in [2.24, 2.45) is 0 Å². The topological polar surface area (TPSA) is 83.0 Å². The highest BCUT2D eigenvalue weighted by Gasteiger charge is 2.16. The second-order valence-electron chi connectivity index (χ2n) is 7.70. The van der Waals surface area contributed by atoms with Gasteiger partial charge in [0.2, 0.25) is 0 Å². The molecule has 4 rings (SSSR count). The van der Waals surface area contributed by atoms with Crippen LogP contribution in [0, 0.1) is 6.92 Å². The smallest absolute Gasteiger partial charge is 0.200 e. The average molecular weight is 435 g/mol. The number of hydrogen-bond donors (Lipinski definition) is 1. The summed E-state index contributed by atoms with van der Waals surface area (Å²) in [6, 6.07) is 13.0. The minimum atomic E-state index is -0.103. The van der Waals surface area contributed by atoms with Gasteiger partial charge in [0.15, 0.2) is 12.4 Å². The molecule has 0 fully saturated rings. The Labute approximate surface area is 185 Å². The molecule has 0 radical (unpaired) electrons. The van der Waals surface area contributed by atoms with E-state index in [9.17, 15) is 4.79 Å². The highest BCUT2D eigenvalue weighted by atomic mass is 35.5. The number of fused-ring (bicyclic) bond motifs is 1. The molecule has 2 heterocycles. The van der Waals surface area contributed by atoms with Gasteiger partial charge < -0.3 is 15.0 Å². The number of hydrogen-bond acceptors (Lipinski definition) is 5. The zero-order valence-corrected chi connectivity index (χ0v) is 18.3. The van der Waals surface area contributed by atoms with Crippen LogP contribution in [0.3, 0.4) is 0 Å². The SMILES string of the molecule is Cc1cc(C(=O)COc2ccc(-c3cn(C(C)C)c4ncnc(N)c34)cc2)ccc1Cl.